The number of amides is 1. The maximum Gasteiger partial charge on any atom is 0.263 e. The van der Waals surface area contributed by atoms with Crippen molar-refractivity contribution < 1.29 is 13.2 Å². The molecule has 3 aromatic rings. The molecule has 10 heteroatoms. The molecule has 2 aromatic heterocycles. The van der Waals surface area contributed by atoms with Crippen LogP contribution in [0.3, 0.4) is 0 Å². The summed E-state index contributed by atoms with van der Waals surface area (Å²) in [6.07, 6.45) is 2.12. The third-order valence-electron chi connectivity index (χ3n) is 6.62. The molecular formula is C23H26N4O4S2. The number of fused-ring (bicyclic) bond motifs is 1. The standard InChI is InChI=1S/C23H26N4O4S2/c1-16-2-4-17(5-3-16)19-13-32-22-21(19)23(29)27(15-24-22)12-20(28)26-9-7-25(8-10-26)18-6-11-33(30,31)14-18/h2-5,13,15,18H,6-12,14H2,1H3/t18-/m0/s1. The zero-order chi connectivity index (χ0) is 23.2. The van der Waals surface area contributed by atoms with Crippen LogP contribution < -0.4 is 5.56 Å². The average Bonchev–Trinajstić information content (AvgIpc) is 3.40. The molecule has 8 nitrogen and oxygen atoms in total. The van der Waals surface area contributed by atoms with Crippen LogP contribution in [0.15, 0.2) is 40.8 Å². The number of sulfone groups is 1. The Bertz CT molecular complexity index is 1350. The van der Waals surface area contributed by atoms with E-state index in [4.69, 9.17) is 0 Å². The van der Waals surface area contributed by atoms with Crippen molar-refractivity contribution in [2.24, 2.45) is 0 Å². The van der Waals surface area contributed by atoms with Crippen molar-refractivity contribution in [1.82, 2.24) is 19.4 Å². The lowest BCUT2D eigenvalue weighted by molar-refractivity contribution is -0.133. The van der Waals surface area contributed by atoms with Crippen LogP contribution in [0.2, 0.25) is 0 Å². The Hall–Kier alpha value is -2.56. The highest BCUT2D eigenvalue weighted by Crippen LogP contribution is 2.30. The highest BCUT2D eigenvalue weighted by molar-refractivity contribution is 7.91. The van der Waals surface area contributed by atoms with Gasteiger partial charge >= 0.3 is 0 Å². The Balaban J connectivity index is 1.30. The van der Waals surface area contributed by atoms with Gasteiger partial charge in [0.2, 0.25) is 5.91 Å². The number of piperazine rings is 1. The van der Waals surface area contributed by atoms with Gasteiger partial charge in [0.15, 0.2) is 9.84 Å². The predicted octanol–water partition coefficient (Wildman–Crippen LogP) is 1.76. The Labute approximate surface area is 196 Å². The third-order valence-corrected chi connectivity index (χ3v) is 9.26. The summed E-state index contributed by atoms with van der Waals surface area (Å²) in [5, 5.41) is 2.49. The predicted molar refractivity (Wildman–Crippen MR) is 129 cm³/mol. The molecule has 2 aliphatic rings. The van der Waals surface area contributed by atoms with Gasteiger partial charge in [-0.3, -0.25) is 19.1 Å². The van der Waals surface area contributed by atoms with Gasteiger partial charge in [-0.2, -0.15) is 0 Å². The number of aryl methyl sites for hydroxylation is 1. The summed E-state index contributed by atoms with van der Waals surface area (Å²) in [5.41, 5.74) is 2.74. The van der Waals surface area contributed by atoms with Crippen LogP contribution in [0.1, 0.15) is 12.0 Å². The van der Waals surface area contributed by atoms with E-state index in [1.54, 1.807) is 4.90 Å². The third kappa shape index (κ3) is 4.47. The Morgan fingerprint density at radius 3 is 2.55 bits per heavy atom. The molecule has 2 fully saturated rings. The summed E-state index contributed by atoms with van der Waals surface area (Å²) < 4.78 is 24.9. The summed E-state index contributed by atoms with van der Waals surface area (Å²) in [5.74, 6) is 0.345. The summed E-state index contributed by atoms with van der Waals surface area (Å²) >= 11 is 1.43. The molecule has 0 radical (unpaired) electrons. The van der Waals surface area contributed by atoms with E-state index in [0.29, 0.717) is 42.8 Å². The summed E-state index contributed by atoms with van der Waals surface area (Å²) in [6, 6.07) is 8.07. The Morgan fingerprint density at radius 2 is 1.88 bits per heavy atom. The molecule has 0 saturated carbocycles. The largest absolute Gasteiger partial charge is 0.339 e. The van der Waals surface area contributed by atoms with E-state index < -0.39 is 9.84 Å². The lowest BCUT2D eigenvalue weighted by Crippen LogP contribution is -2.53. The van der Waals surface area contributed by atoms with E-state index in [1.165, 1.54) is 22.2 Å². The average molecular weight is 487 g/mol. The van der Waals surface area contributed by atoms with Crippen molar-refractivity contribution >= 4 is 37.3 Å². The van der Waals surface area contributed by atoms with Crippen LogP contribution >= 0.6 is 11.3 Å². The minimum atomic E-state index is -2.93. The van der Waals surface area contributed by atoms with Crippen molar-refractivity contribution in [3.05, 3.63) is 51.9 Å². The van der Waals surface area contributed by atoms with Crippen LogP contribution in [-0.2, 0) is 21.2 Å². The van der Waals surface area contributed by atoms with Crippen molar-refractivity contribution in [3.8, 4) is 11.1 Å². The summed E-state index contributed by atoms with van der Waals surface area (Å²) in [7, 11) is -2.93. The second-order valence-corrected chi connectivity index (χ2v) is 11.9. The molecule has 2 aliphatic heterocycles. The zero-order valence-electron chi connectivity index (χ0n) is 18.4. The zero-order valence-corrected chi connectivity index (χ0v) is 20.1. The van der Waals surface area contributed by atoms with E-state index in [-0.39, 0.29) is 35.6 Å². The quantitative estimate of drug-likeness (QED) is 0.558. The molecule has 2 saturated heterocycles. The Morgan fingerprint density at radius 1 is 1.15 bits per heavy atom. The van der Waals surface area contributed by atoms with Crippen LogP contribution in [0.5, 0.6) is 0 Å². The first-order chi connectivity index (χ1) is 15.8. The maximum absolute atomic E-state index is 13.2. The molecule has 0 N–H and O–H groups in total. The maximum atomic E-state index is 13.2. The number of carbonyl (C=O) groups excluding carboxylic acids is 1. The van der Waals surface area contributed by atoms with Gasteiger partial charge in [-0.25, -0.2) is 13.4 Å². The minimum absolute atomic E-state index is 0.0528. The van der Waals surface area contributed by atoms with Crippen molar-refractivity contribution in [2.45, 2.75) is 25.9 Å². The summed E-state index contributed by atoms with van der Waals surface area (Å²) in [6.45, 7) is 4.34. The minimum Gasteiger partial charge on any atom is -0.339 e. The first-order valence-electron chi connectivity index (χ1n) is 11.1. The van der Waals surface area contributed by atoms with Crippen LogP contribution in [-0.4, -0.2) is 77.4 Å². The molecule has 0 unspecified atom stereocenters. The molecule has 174 valence electrons. The molecule has 0 spiro atoms. The number of benzene rings is 1. The van der Waals surface area contributed by atoms with Crippen LogP contribution in [0.4, 0.5) is 0 Å². The SMILES string of the molecule is Cc1ccc(-c2csc3ncn(CC(=O)N4CCN([C@H]5CCS(=O)(=O)C5)CC4)c(=O)c23)cc1. The first-order valence-corrected chi connectivity index (χ1v) is 13.8. The number of hydrogen-bond acceptors (Lipinski definition) is 7. The number of aromatic nitrogens is 2. The van der Waals surface area contributed by atoms with E-state index in [2.05, 4.69) is 9.88 Å². The lowest BCUT2D eigenvalue weighted by atomic mass is 10.1. The van der Waals surface area contributed by atoms with E-state index in [1.807, 2.05) is 36.6 Å². The van der Waals surface area contributed by atoms with Gasteiger partial charge in [-0.05, 0) is 18.9 Å². The van der Waals surface area contributed by atoms with Crippen LogP contribution in [0, 0.1) is 6.92 Å². The first kappa shape index (κ1) is 22.2. The van der Waals surface area contributed by atoms with Crippen molar-refractivity contribution in [2.75, 3.05) is 37.7 Å². The van der Waals surface area contributed by atoms with Gasteiger partial charge < -0.3 is 4.90 Å². The number of rotatable bonds is 4. The molecule has 0 aliphatic carbocycles. The summed E-state index contributed by atoms with van der Waals surface area (Å²) in [4.78, 5) is 35.2. The molecule has 33 heavy (non-hydrogen) atoms. The van der Waals surface area contributed by atoms with Gasteiger partial charge in [-0.1, -0.05) is 29.8 Å². The van der Waals surface area contributed by atoms with Gasteiger partial charge in [-0.15, -0.1) is 11.3 Å². The molecular weight excluding hydrogens is 460 g/mol. The monoisotopic (exact) mass is 486 g/mol. The fourth-order valence-electron chi connectivity index (χ4n) is 4.67. The number of hydrogen-bond donors (Lipinski definition) is 0. The second-order valence-electron chi connectivity index (χ2n) is 8.85. The fraction of sp³-hybridized carbons (Fsp3) is 0.435. The number of thiophene rings is 1. The molecule has 1 aromatic carbocycles. The van der Waals surface area contributed by atoms with Gasteiger partial charge in [0.05, 0.1) is 23.2 Å². The van der Waals surface area contributed by atoms with E-state index >= 15 is 0 Å². The van der Waals surface area contributed by atoms with E-state index in [0.717, 1.165) is 16.7 Å². The van der Waals surface area contributed by atoms with E-state index in [9.17, 15) is 18.0 Å². The lowest BCUT2D eigenvalue weighted by Gasteiger charge is -2.37. The van der Waals surface area contributed by atoms with Crippen molar-refractivity contribution in [1.29, 1.82) is 0 Å². The number of nitrogens with zero attached hydrogens (tertiary/aromatic N) is 4. The fourth-order valence-corrected chi connectivity index (χ4v) is 7.34. The number of carbonyl (C=O) groups is 1. The molecule has 4 heterocycles. The highest BCUT2D eigenvalue weighted by atomic mass is 32.2. The van der Waals surface area contributed by atoms with Crippen molar-refractivity contribution in [3.63, 3.8) is 0 Å². The van der Waals surface area contributed by atoms with Gasteiger partial charge in [0, 0.05) is 43.2 Å². The normalized spacial score (nSPS) is 21.0. The topological polar surface area (TPSA) is 92.6 Å². The van der Waals surface area contributed by atoms with Gasteiger partial charge in [0.1, 0.15) is 11.4 Å². The van der Waals surface area contributed by atoms with Crippen LogP contribution in [0.25, 0.3) is 21.3 Å². The molecule has 1 amide bonds. The second kappa shape index (κ2) is 8.66. The molecule has 0 bridgehead atoms. The smallest absolute Gasteiger partial charge is 0.263 e. The molecule has 1 atom stereocenters. The molecule has 5 rings (SSSR count). The Kier molecular flexibility index (Phi) is 5.84. The highest BCUT2D eigenvalue weighted by Gasteiger charge is 2.34. The van der Waals surface area contributed by atoms with Gasteiger partial charge in [0.25, 0.3) is 5.56 Å².